The molecule has 3 rings (SSSR count). The highest BCUT2D eigenvalue weighted by Crippen LogP contribution is 2.29. The Morgan fingerprint density at radius 2 is 1.60 bits per heavy atom. The fraction of sp³-hybridized carbons (Fsp3) is 0.316. The third-order valence-corrected chi connectivity index (χ3v) is 4.45. The van der Waals surface area contributed by atoms with Crippen molar-refractivity contribution in [2.45, 2.75) is 24.7 Å². The van der Waals surface area contributed by atoms with E-state index in [1.54, 1.807) is 0 Å². The molecule has 132 valence electrons. The second kappa shape index (κ2) is 7.27. The van der Waals surface area contributed by atoms with Crippen LogP contribution in [0, 0.1) is 0 Å². The van der Waals surface area contributed by atoms with E-state index >= 15 is 0 Å². The summed E-state index contributed by atoms with van der Waals surface area (Å²) >= 11 is 0. The van der Waals surface area contributed by atoms with Gasteiger partial charge in [-0.25, -0.2) is 0 Å². The summed E-state index contributed by atoms with van der Waals surface area (Å²) in [6.45, 7) is 1.63. The number of rotatable bonds is 4. The molecule has 1 N–H and O–H groups in total. The Bertz CT molecular complexity index is 704. The van der Waals surface area contributed by atoms with Gasteiger partial charge in [0.05, 0.1) is 0 Å². The summed E-state index contributed by atoms with van der Waals surface area (Å²) in [6.07, 6.45) is -4.87. The SMILES string of the molecule is O=C(N[C@@H]1CN(Cc2ccccc2)CC1c1ccccc1)C(F)(F)F. The summed E-state index contributed by atoms with van der Waals surface area (Å²) in [4.78, 5) is 13.5. The number of likely N-dealkylation sites (tertiary alicyclic amines) is 1. The first kappa shape index (κ1) is 17.5. The van der Waals surface area contributed by atoms with Gasteiger partial charge < -0.3 is 5.32 Å². The van der Waals surface area contributed by atoms with Gasteiger partial charge in [0.15, 0.2) is 0 Å². The van der Waals surface area contributed by atoms with Crippen LogP contribution >= 0.6 is 0 Å². The third kappa shape index (κ3) is 4.39. The molecule has 1 aliphatic rings. The van der Waals surface area contributed by atoms with Gasteiger partial charge in [-0.15, -0.1) is 0 Å². The first-order valence-electron chi connectivity index (χ1n) is 8.12. The van der Waals surface area contributed by atoms with Crippen molar-refractivity contribution in [3.63, 3.8) is 0 Å². The van der Waals surface area contributed by atoms with Crippen molar-refractivity contribution in [1.82, 2.24) is 10.2 Å². The van der Waals surface area contributed by atoms with Crippen LogP contribution in [0.5, 0.6) is 0 Å². The van der Waals surface area contributed by atoms with Crippen LogP contribution in [0.2, 0.25) is 0 Å². The molecule has 0 radical (unpaired) electrons. The van der Waals surface area contributed by atoms with E-state index in [-0.39, 0.29) is 5.92 Å². The molecule has 0 bridgehead atoms. The predicted octanol–water partition coefficient (Wildman–Crippen LogP) is 3.33. The van der Waals surface area contributed by atoms with Crippen LogP contribution in [0.15, 0.2) is 60.7 Å². The predicted molar refractivity (Wildman–Crippen MR) is 88.9 cm³/mol. The highest BCUT2D eigenvalue weighted by Gasteiger charge is 2.43. The van der Waals surface area contributed by atoms with Crippen molar-refractivity contribution < 1.29 is 18.0 Å². The quantitative estimate of drug-likeness (QED) is 0.919. The van der Waals surface area contributed by atoms with Crippen LogP contribution in [-0.4, -0.2) is 36.1 Å². The van der Waals surface area contributed by atoms with Gasteiger partial charge in [-0.05, 0) is 11.1 Å². The molecular weight excluding hydrogens is 329 g/mol. The minimum absolute atomic E-state index is 0.170. The number of carbonyl (C=O) groups is 1. The van der Waals surface area contributed by atoms with Gasteiger partial charge in [-0.1, -0.05) is 60.7 Å². The van der Waals surface area contributed by atoms with Crippen LogP contribution in [0.4, 0.5) is 13.2 Å². The lowest BCUT2D eigenvalue weighted by molar-refractivity contribution is -0.174. The van der Waals surface area contributed by atoms with Crippen LogP contribution in [0.3, 0.4) is 0 Å². The lowest BCUT2D eigenvalue weighted by atomic mass is 9.94. The van der Waals surface area contributed by atoms with Crippen molar-refractivity contribution >= 4 is 5.91 Å². The second-order valence-corrected chi connectivity index (χ2v) is 6.27. The maximum atomic E-state index is 12.7. The van der Waals surface area contributed by atoms with Crippen molar-refractivity contribution in [3.05, 3.63) is 71.8 Å². The molecule has 2 aromatic carbocycles. The molecule has 3 nitrogen and oxygen atoms in total. The molecule has 1 unspecified atom stereocenters. The molecule has 1 amide bonds. The summed E-state index contributed by atoms with van der Waals surface area (Å²) in [5.74, 6) is -2.05. The highest BCUT2D eigenvalue weighted by atomic mass is 19.4. The van der Waals surface area contributed by atoms with Crippen molar-refractivity contribution in [2.75, 3.05) is 13.1 Å². The number of nitrogens with zero attached hydrogens (tertiary/aromatic N) is 1. The number of carbonyl (C=O) groups excluding carboxylic acids is 1. The van der Waals surface area contributed by atoms with Crippen molar-refractivity contribution in [3.8, 4) is 0 Å². The smallest absolute Gasteiger partial charge is 0.344 e. The standard InChI is InChI=1S/C19H19F3N2O/c20-19(21,22)18(25)23-17-13-24(11-14-7-3-1-4-8-14)12-16(17)15-9-5-2-6-10-15/h1-10,16-17H,11-13H2,(H,23,25)/t16?,17-/m1/s1. The minimum atomic E-state index is -4.87. The van der Waals surface area contributed by atoms with Gasteiger partial charge >= 0.3 is 12.1 Å². The first-order chi connectivity index (χ1) is 11.9. The zero-order chi connectivity index (χ0) is 17.9. The number of nitrogens with one attached hydrogen (secondary N) is 1. The molecule has 1 fully saturated rings. The van der Waals surface area contributed by atoms with Crippen molar-refractivity contribution in [2.24, 2.45) is 0 Å². The average molecular weight is 348 g/mol. The van der Waals surface area contributed by atoms with E-state index in [2.05, 4.69) is 10.2 Å². The van der Waals surface area contributed by atoms with Crippen LogP contribution in [-0.2, 0) is 11.3 Å². The van der Waals surface area contributed by atoms with Crippen molar-refractivity contribution in [1.29, 1.82) is 0 Å². The fourth-order valence-corrected chi connectivity index (χ4v) is 3.29. The van der Waals surface area contributed by atoms with Gasteiger partial charge in [0.1, 0.15) is 0 Å². The van der Waals surface area contributed by atoms with E-state index in [0.29, 0.717) is 19.6 Å². The third-order valence-electron chi connectivity index (χ3n) is 4.45. The summed E-state index contributed by atoms with van der Waals surface area (Å²) in [5, 5.41) is 2.18. The molecule has 1 aliphatic heterocycles. The Morgan fingerprint density at radius 3 is 2.20 bits per heavy atom. The average Bonchev–Trinajstić information content (AvgIpc) is 2.98. The molecule has 2 atom stereocenters. The molecule has 2 aromatic rings. The van der Waals surface area contributed by atoms with Gasteiger partial charge in [-0.3, -0.25) is 9.69 Å². The maximum Gasteiger partial charge on any atom is 0.471 e. The molecule has 0 aromatic heterocycles. The van der Waals surface area contributed by atoms with E-state index in [4.69, 9.17) is 0 Å². The monoisotopic (exact) mass is 348 g/mol. The van der Waals surface area contributed by atoms with Gasteiger partial charge in [0.25, 0.3) is 0 Å². The zero-order valence-corrected chi connectivity index (χ0v) is 13.5. The van der Waals surface area contributed by atoms with Crippen LogP contribution in [0.25, 0.3) is 0 Å². The fourth-order valence-electron chi connectivity index (χ4n) is 3.29. The molecule has 25 heavy (non-hydrogen) atoms. The first-order valence-corrected chi connectivity index (χ1v) is 8.12. The summed E-state index contributed by atoms with van der Waals surface area (Å²) in [5.41, 5.74) is 2.03. The molecule has 6 heteroatoms. The second-order valence-electron chi connectivity index (χ2n) is 6.27. The Hall–Kier alpha value is -2.34. The Labute approximate surface area is 144 Å². The normalized spacial score (nSPS) is 21.2. The number of hydrogen-bond acceptors (Lipinski definition) is 2. The summed E-state index contributed by atoms with van der Waals surface area (Å²) in [6, 6.07) is 18.6. The topological polar surface area (TPSA) is 32.3 Å². The number of alkyl halides is 3. The summed E-state index contributed by atoms with van der Waals surface area (Å²) < 4.78 is 38.0. The van der Waals surface area contributed by atoms with Gasteiger partial charge in [0, 0.05) is 31.6 Å². The number of hydrogen-bond donors (Lipinski definition) is 1. The number of amides is 1. The maximum absolute atomic E-state index is 12.7. The van der Waals surface area contributed by atoms with E-state index in [1.165, 1.54) is 0 Å². The Morgan fingerprint density at radius 1 is 1.00 bits per heavy atom. The summed E-state index contributed by atoms with van der Waals surface area (Å²) in [7, 11) is 0. The highest BCUT2D eigenvalue weighted by molar-refractivity contribution is 5.82. The number of halogens is 3. The largest absolute Gasteiger partial charge is 0.471 e. The molecular formula is C19H19F3N2O. The molecule has 0 aliphatic carbocycles. The van der Waals surface area contributed by atoms with E-state index < -0.39 is 18.1 Å². The Kier molecular flexibility index (Phi) is 5.08. The molecule has 0 saturated carbocycles. The van der Waals surface area contributed by atoms with E-state index in [9.17, 15) is 18.0 Å². The molecule has 1 saturated heterocycles. The number of benzene rings is 2. The Balaban J connectivity index is 1.76. The minimum Gasteiger partial charge on any atom is -0.344 e. The van der Waals surface area contributed by atoms with Gasteiger partial charge in [-0.2, -0.15) is 13.2 Å². The molecule has 0 spiro atoms. The lowest BCUT2D eigenvalue weighted by Crippen LogP contribution is -2.46. The molecule has 1 heterocycles. The van der Waals surface area contributed by atoms with Crippen LogP contribution < -0.4 is 5.32 Å². The van der Waals surface area contributed by atoms with E-state index in [1.807, 2.05) is 60.7 Å². The zero-order valence-electron chi connectivity index (χ0n) is 13.5. The lowest BCUT2D eigenvalue weighted by Gasteiger charge is -2.21. The van der Waals surface area contributed by atoms with E-state index in [0.717, 1.165) is 11.1 Å². The van der Waals surface area contributed by atoms with Gasteiger partial charge in [0.2, 0.25) is 0 Å². The van der Waals surface area contributed by atoms with Crippen LogP contribution in [0.1, 0.15) is 17.0 Å².